The molecule has 86 valence electrons. The number of methoxy groups -OCH3 is 1. The van der Waals surface area contributed by atoms with Gasteiger partial charge in [-0.2, -0.15) is 0 Å². The quantitative estimate of drug-likeness (QED) is 0.817. The molecule has 0 aliphatic carbocycles. The van der Waals surface area contributed by atoms with Crippen molar-refractivity contribution in [2.45, 2.75) is 6.92 Å². The number of benzene rings is 1. The van der Waals surface area contributed by atoms with Crippen LogP contribution in [0.2, 0.25) is 0 Å². The molecule has 1 aromatic carbocycles. The largest absolute Gasteiger partial charge is 0.496 e. The fourth-order valence-electron chi connectivity index (χ4n) is 1.71. The van der Waals surface area contributed by atoms with Gasteiger partial charge in [0.1, 0.15) is 11.6 Å². The molecular weight excluding hydrogens is 212 g/mol. The summed E-state index contributed by atoms with van der Waals surface area (Å²) in [6, 6.07) is 7.87. The molecule has 0 spiro atoms. The van der Waals surface area contributed by atoms with E-state index in [0.29, 0.717) is 6.54 Å². The Balaban J connectivity index is 2.45. The molecular formula is C14H14N2O. The van der Waals surface area contributed by atoms with Crippen molar-refractivity contribution in [3.63, 3.8) is 0 Å². The van der Waals surface area contributed by atoms with Crippen LogP contribution in [0.5, 0.6) is 5.75 Å². The third-order valence-corrected chi connectivity index (χ3v) is 2.51. The van der Waals surface area contributed by atoms with E-state index in [4.69, 9.17) is 4.74 Å². The summed E-state index contributed by atoms with van der Waals surface area (Å²) in [7, 11) is 1.67. The fraction of sp³-hybridized carbons (Fsp3) is 0.214. The molecule has 1 aromatic heterocycles. The lowest BCUT2D eigenvalue weighted by Gasteiger charge is -2.09. The normalized spacial score (nSPS) is 9.53. The van der Waals surface area contributed by atoms with Gasteiger partial charge in [-0.15, -0.1) is 5.92 Å². The number of hydrogen-bond acceptors (Lipinski definition) is 3. The smallest absolute Gasteiger partial charge is 0.134 e. The molecule has 0 saturated heterocycles. The molecule has 1 N–H and O–H groups in total. The van der Waals surface area contributed by atoms with E-state index >= 15 is 0 Å². The minimum Gasteiger partial charge on any atom is -0.496 e. The van der Waals surface area contributed by atoms with Gasteiger partial charge in [-0.3, -0.25) is 0 Å². The zero-order chi connectivity index (χ0) is 12.1. The number of aromatic nitrogens is 1. The first-order valence-corrected chi connectivity index (χ1v) is 5.42. The highest BCUT2D eigenvalue weighted by Crippen LogP contribution is 2.28. The van der Waals surface area contributed by atoms with Gasteiger partial charge in [0.05, 0.1) is 13.7 Å². The molecule has 0 aliphatic rings. The molecule has 0 bridgehead atoms. The second-order valence-electron chi connectivity index (χ2n) is 3.50. The van der Waals surface area contributed by atoms with E-state index in [1.807, 2.05) is 31.2 Å². The van der Waals surface area contributed by atoms with Crippen LogP contribution in [0, 0.1) is 11.8 Å². The van der Waals surface area contributed by atoms with Crippen LogP contribution in [0.1, 0.15) is 6.92 Å². The van der Waals surface area contributed by atoms with E-state index < -0.39 is 0 Å². The van der Waals surface area contributed by atoms with Gasteiger partial charge in [-0.05, 0) is 19.1 Å². The van der Waals surface area contributed by atoms with Gasteiger partial charge in [-0.25, -0.2) is 4.98 Å². The van der Waals surface area contributed by atoms with E-state index in [9.17, 15) is 0 Å². The summed E-state index contributed by atoms with van der Waals surface area (Å²) in [4.78, 5) is 4.32. The topological polar surface area (TPSA) is 34.2 Å². The lowest BCUT2D eigenvalue weighted by molar-refractivity contribution is 0.420. The van der Waals surface area contributed by atoms with Crippen LogP contribution < -0.4 is 10.1 Å². The maximum atomic E-state index is 5.32. The second kappa shape index (κ2) is 5.22. The van der Waals surface area contributed by atoms with E-state index in [-0.39, 0.29) is 0 Å². The van der Waals surface area contributed by atoms with Crippen molar-refractivity contribution in [3.05, 3.63) is 30.5 Å². The first-order valence-electron chi connectivity index (χ1n) is 5.42. The zero-order valence-electron chi connectivity index (χ0n) is 9.95. The average molecular weight is 226 g/mol. The summed E-state index contributed by atoms with van der Waals surface area (Å²) in [6.45, 7) is 2.42. The van der Waals surface area contributed by atoms with Gasteiger partial charge in [0, 0.05) is 17.0 Å². The number of nitrogens with zero attached hydrogens (tertiary/aromatic N) is 1. The second-order valence-corrected chi connectivity index (χ2v) is 3.50. The summed E-state index contributed by atoms with van der Waals surface area (Å²) in [5.74, 6) is 7.49. The Bertz CT molecular complexity index is 582. The predicted octanol–water partition coefficient (Wildman–Crippen LogP) is 2.68. The molecule has 0 atom stereocenters. The van der Waals surface area contributed by atoms with Gasteiger partial charge >= 0.3 is 0 Å². The molecule has 0 unspecified atom stereocenters. The molecule has 2 rings (SSSR count). The number of hydrogen-bond donors (Lipinski definition) is 1. The first kappa shape index (κ1) is 11.3. The van der Waals surface area contributed by atoms with Gasteiger partial charge in [0.25, 0.3) is 0 Å². The molecule has 0 radical (unpaired) electrons. The van der Waals surface area contributed by atoms with Crippen LogP contribution in [0.3, 0.4) is 0 Å². The maximum Gasteiger partial charge on any atom is 0.134 e. The summed E-state index contributed by atoms with van der Waals surface area (Å²) >= 11 is 0. The highest BCUT2D eigenvalue weighted by Gasteiger charge is 2.04. The average Bonchev–Trinajstić information content (AvgIpc) is 2.38. The van der Waals surface area contributed by atoms with Crippen LogP contribution in [-0.2, 0) is 0 Å². The van der Waals surface area contributed by atoms with Crippen molar-refractivity contribution in [2.24, 2.45) is 0 Å². The molecule has 2 aromatic rings. The van der Waals surface area contributed by atoms with Crippen molar-refractivity contribution in [1.29, 1.82) is 0 Å². The van der Waals surface area contributed by atoms with E-state index in [2.05, 4.69) is 22.1 Å². The minimum absolute atomic E-state index is 0.597. The predicted molar refractivity (Wildman–Crippen MR) is 70.2 cm³/mol. The number of nitrogens with one attached hydrogen (secondary N) is 1. The summed E-state index contributed by atoms with van der Waals surface area (Å²) in [6.07, 6.45) is 1.77. The maximum absolute atomic E-state index is 5.32. The SMILES string of the molecule is CC#CCNc1nccc2c(OC)cccc12. The Morgan fingerprint density at radius 2 is 2.18 bits per heavy atom. The van der Waals surface area contributed by atoms with E-state index in [0.717, 1.165) is 22.3 Å². The molecule has 0 aliphatic heterocycles. The van der Waals surface area contributed by atoms with Crippen LogP contribution >= 0.6 is 0 Å². The Kier molecular flexibility index (Phi) is 3.46. The molecule has 3 nitrogen and oxygen atoms in total. The fourth-order valence-corrected chi connectivity index (χ4v) is 1.71. The van der Waals surface area contributed by atoms with Crippen molar-refractivity contribution < 1.29 is 4.74 Å². The summed E-state index contributed by atoms with van der Waals surface area (Å²) in [5.41, 5.74) is 0. The molecule has 17 heavy (non-hydrogen) atoms. The van der Waals surface area contributed by atoms with Crippen LogP contribution in [0.15, 0.2) is 30.5 Å². The molecule has 0 fully saturated rings. The number of fused-ring (bicyclic) bond motifs is 1. The molecule has 1 heterocycles. The highest BCUT2D eigenvalue weighted by atomic mass is 16.5. The Labute approximate surface area is 101 Å². The minimum atomic E-state index is 0.597. The summed E-state index contributed by atoms with van der Waals surface area (Å²) in [5, 5.41) is 5.30. The van der Waals surface area contributed by atoms with Crippen molar-refractivity contribution >= 4 is 16.6 Å². The lowest BCUT2D eigenvalue weighted by atomic mass is 10.1. The highest BCUT2D eigenvalue weighted by molar-refractivity contribution is 5.95. The molecule has 0 amide bonds. The van der Waals surface area contributed by atoms with Crippen LogP contribution in [0.25, 0.3) is 10.8 Å². The Morgan fingerprint density at radius 1 is 1.29 bits per heavy atom. The molecule has 3 heteroatoms. The van der Waals surface area contributed by atoms with Crippen molar-refractivity contribution in [2.75, 3.05) is 19.0 Å². The van der Waals surface area contributed by atoms with E-state index in [1.165, 1.54) is 0 Å². The van der Waals surface area contributed by atoms with Gasteiger partial charge in [-0.1, -0.05) is 18.1 Å². The molecule has 0 saturated carbocycles. The standard InChI is InChI=1S/C14H14N2O/c1-3-4-9-15-14-12-6-5-7-13(17-2)11(12)8-10-16-14/h5-8,10H,9H2,1-2H3,(H,15,16). The third kappa shape index (κ3) is 2.31. The lowest BCUT2D eigenvalue weighted by Crippen LogP contribution is -2.01. The number of ether oxygens (including phenoxy) is 1. The summed E-state index contributed by atoms with van der Waals surface area (Å²) < 4.78 is 5.32. The van der Waals surface area contributed by atoms with Gasteiger partial charge in [0.15, 0.2) is 0 Å². The number of rotatable bonds is 3. The van der Waals surface area contributed by atoms with Crippen molar-refractivity contribution in [3.8, 4) is 17.6 Å². The number of anilines is 1. The van der Waals surface area contributed by atoms with Crippen LogP contribution in [-0.4, -0.2) is 18.6 Å². The first-order chi connectivity index (χ1) is 8.36. The van der Waals surface area contributed by atoms with Gasteiger partial charge in [0.2, 0.25) is 0 Å². The third-order valence-electron chi connectivity index (χ3n) is 2.51. The van der Waals surface area contributed by atoms with Crippen LogP contribution in [0.4, 0.5) is 5.82 Å². The van der Waals surface area contributed by atoms with Crippen molar-refractivity contribution in [1.82, 2.24) is 4.98 Å². The number of pyridine rings is 1. The Morgan fingerprint density at radius 3 is 2.94 bits per heavy atom. The van der Waals surface area contributed by atoms with E-state index in [1.54, 1.807) is 13.3 Å². The van der Waals surface area contributed by atoms with Gasteiger partial charge < -0.3 is 10.1 Å². The monoisotopic (exact) mass is 226 g/mol. The zero-order valence-corrected chi connectivity index (χ0v) is 9.95. The Hall–Kier alpha value is -2.21.